The van der Waals surface area contributed by atoms with Gasteiger partial charge in [-0.1, -0.05) is 23.2 Å². The smallest absolute Gasteiger partial charge is 0.174 e. The highest BCUT2D eigenvalue weighted by atomic mass is 35.5. The molecule has 1 aromatic carbocycles. The predicted octanol–water partition coefficient (Wildman–Crippen LogP) is 3.33. The summed E-state index contributed by atoms with van der Waals surface area (Å²) in [4.78, 5) is 8.62. The summed E-state index contributed by atoms with van der Waals surface area (Å²) in [7, 11) is 0. The maximum absolute atomic E-state index is 6.11. The largest absolute Gasteiger partial charge is 0.259 e. The molecule has 0 spiro atoms. The summed E-state index contributed by atoms with van der Waals surface area (Å²) < 4.78 is 0. The zero-order chi connectivity index (χ0) is 11.8. The van der Waals surface area contributed by atoms with Crippen LogP contribution in [0.1, 0.15) is 0 Å². The van der Waals surface area contributed by atoms with Crippen molar-refractivity contribution in [2.75, 3.05) is 0 Å². The van der Waals surface area contributed by atoms with E-state index in [2.05, 4.69) is 20.2 Å². The number of nitrogens with zero attached hydrogens (tertiary/aromatic N) is 3. The predicted molar refractivity (Wildman–Crippen MR) is 67.1 cm³/mol. The molecule has 17 heavy (non-hydrogen) atoms. The Hall–Kier alpha value is -1.65. The van der Waals surface area contributed by atoms with Gasteiger partial charge in [-0.3, -0.25) is 5.10 Å². The van der Waals surface area contributed by atoms with Crippen LogP contribution in [0.4, 0.5) is 0 Å². The van der Waals surface area contributed by atoms with Crippen LogP contribution >= 0.6 is 23.2 Å². The first-order valence-corrected chi connectivity index (χ1v) is 5.61. The van der Waals surface area contributed by atoms with E-state index in [-0.39, 0.29) is 0 Å². The van der Waals surface area contributed by atoms with E-state index in [1.54, 1.807) is 24.5 Å². The number of H-pyrrole nitrogens is 1. The van der Waals surface area contributed by atoms with Crippen molar-refractivity contribution in [2.45, 2.75) is 0 Å². The zero-order valence-electron chi connectivity index (χ0n) is 8.48. The molecule has 0 atom stereocenters. The normalized spacial score (nSPS) is 10.9. The van der Waals surface area contributed by atoms with Gasteiger partial charge in [0.2, 0.25) is 0 Å². The van der Waals surface area contributed by atoms with Crippen LogP contribution in [0.15, 0.2) is 30.6 Å². The molecule has 2 heterocycles. The topological polar surface area (TPSA) is 54.5 Å². The lowest BCUT2D eigenvalue weighted by Gasteiger charge is -2.03. The maximum Gasteiger partial charge on any atom is 0.174 e. The highest BCUT2D eigenvalue weighted by Crippen LogP contribution is 2.29. The third kappa shape index (κ3) is 1.85. The number of nitrogens with one attached hydrogen (secondary N) is 1. The number of hydrogen-bond donors (Lipinski definition) is 1. The molecule has 0 bridgehead atoms. The zero-order valence-corrected chi connectivity index (χ0v) is 10.00. The fraction of sp³-hybridized carbons (Fsp3) is 0. The number of rotatable bonds is 1. The highest BCUT2D eigenvalue weighted by Gasteiger charge is 2.08. The van der Waals surface area contributed by atoms with Gasteiger partial charge in [0.25, 0.3) is 0 Å². The van der Waals surface area contributed by atoms with Gasteiger partial charge < -0.3 is 0 Å². The lowest BCUT2D eigenvalue weighted by atomic mass is 10.1. The Kier molecular flexibility index (Phi) is 2.46. The Morgan fingerprint density at radius 1 is 1.12 bits per heavy atom. The molecule has 0 unspecified atom stereocenters. The van der Waals surface area contributed by atoms with E-state index in [1.165, 1.54) is 0 Å². The second kappa shape index (κ2) is 3.98. The van der Waals surface area contributed by atoms with Gasteiger partial charge in [0.1, 0.15) is 5.52 Å². The number of hydrogen-bond acceptors (Lipinski definition) is 3. The van der Waals surface area contributed by atoms with Crippen LogP contribution in [0.2, 0.25) is 10.0 Å². The molecule has 2 aromatic heterocycles. The van der Waals surface area contributed by atoms with Crippen LogP contribution in [0.5, 0.6) is 0 Å². The fourth-order valence-electron chi connectivity index (χ4n) is 1.56. The number of fused-ring (bicyclic) bond motifs is 1. The standard InChI is InChI=1S/C11H6Cl2N4/c12-6-1-2-7(8(13)3-6)9-4-14-11-10(16-9)5-15-17-11/h1-5H,(H,14,15,17). The van der Waals surface area contributed by atoms with Gasteiger partial charge in [-0.25, -0.2) is 9.97 Å². The van der Waals surface area contributed by atoms with Gasteiger partial charge in [-0.15, -0.1) is 0 Å². The molecule has 6 heteroatoms. The van der Waals surface area contributed by atoms with Crippen LogP contribution in [0.25, 0.3) is 22.4 Å². The molecule has 1 N–H and O–H groups in total. The molecular weight excluding hydrogens is 259 g/mol. The second-order valence-corrected chi connectivity index (χ2v) is 4.33. The van der Waals surface area contributed by atoms with E-state index >= 15 is 0 Å². The minimum Gasteiger partial charge on any atom is -0.259 e. The van der Waals surface area contributed by atoms with Crippen LogP contribution in [0.3, 0.4) is 0 Å². The Morgan fingerprint density at radius 3 is 2.82 bits per heavy atom. The number of benzene rings is 1. The molecule has 4 nitrogen and oxygen atoms in total. The van der Waals surface area contributed by atoms with Gasteiger partial charge >= 0.3 is 0 Å². The quantitative estimate of drug-likeness (QED) is 0.734. The molecule has 84 valence electrons. The average molecular weight is 265 g/mol. The summed E-state index contributed by atoms with van der Waals surface area (Å²) in [6.07, 6.45) is 3.27. The Morgan fingerprint density at radius 2 is 2.00 bits per heavy atom. The van der Waals surface area contributed by atoms with Gasteiger partial charge in [0.15, 0.2) is 5.65 Å². The lowest BCUT2D eigenvalue weighted by molar-refractivity contribution is 1.10. The van der Waals surface area contributed by atoms with Crippen LogP contribution in [-0.2, 0) is 0 Å². The summed E-state index contributed by atoms with van der Waals surface area (Å²) in [5.74, 6) is 0. The Bertz CT molecular complexity index is 693. The monoisotopic (exact) mass is 264 g/mol. The van der Waals surface area contributed by atoms with E-state index < -0.39 is 0 Å². The number of aromatic nitrogens is 4. The molecule has 0 saturated carbocycles. The first kappa shape index (κ1) is 10.5. The van der Waals surface area contributed by atoms with E-state index in [9.17, 15) is 0 Å². The van der Waals surface area contributed by atoms with Crippen molar-refractivity contribution in [3.63, 3.8) is 0 Å². The van der Waals surface area contributed by atoms with Crippen molar-refractivity contribution in [2.24, 2.45) is 0 Å². The average Bonchev–Trinajstić information content (AvgIpc) is 2.75. The van der Waals surface area contributed by atoms with Gasteiger partial charge in [-0.2, -0.15) is 5.10 Å². The van der Waals surface area contributed by atoms with Crippen molar-refractivity contribution in [1.29, 1.82) is 0 Å². The summed E-state index contributed by atoms with van der Waals surface area (Å²) in [6.45, 7) is 0. The number of halogens is 2. The van der Waals surface area contributed by atoms with Gasteiger partial charge in [0, 0.05) is 10.6 Å². The maximum atomic E-state index is 6.11. The molecule has 0 radical (unpaired) electrons. The van der Waals surface area contributed by atoms with Crippen molar-refractivity contribution >= 4 is 34.4 Å². The molecule has 0 aliphatic heterocycles. The molecule has 0 aliphatic rings. The molecular formula is C11H6Cl2N4. The van der Waals surface area contributed by atoms with Crippen LogP contribution < -0.4 is 0 Å². The molecule has 0 saturated heterocycles. The summed E-state index contributed by atoms with van der Waals surface area (Å²) in [5, 5.41) is 7.76. The molecule has 3 aromatic rings. The molecule has 3 rings (SSSR count). The fourth-order valence-corrected chi connectivity index (χ4v) is 2.07. The highest BCUT2D eigenvalue weighted by molar-refractivity contribution is 6.36. The minimum atomic E-state index is 0.551. The molecule has 0 fully saturated rings. The Balaban J connectivity index is 2.19. The van der Waals surface area contributed by atoms with Gasteiger partial charge in [0.05, 0.1) is 23.1 Å². The van der Waals surface area contributed by atoms with E-state index in [0.29, 0.717) is 26.9 Å². The van der Waals surface area contributed by atoms with Crippen molar-refractivity contribution < 1.29 is 0 Å². The molecule has 0 aliphatic carbocycles. The SMILES string of the molecule is Clc1ccc(-c2cnc3[nH]ncc3n2)c(Cl)c1. The Labute approximate surface area is 107 Å². The summed E-state index contributed by atoms with van der Waals surface area (Å²) in [5.41, 5.74) is 2.85. The van der Waals surface area contributed by atoms with Crippen molar-refractivity contribution in [3.8, 4) is 11.3 Å². The van der Waals surface area contributed by atoms with E-state index in [4.69, 9.17) is 23.2 Å². The van der Waals surface area contributed by atoms with E-state index in [1.807, 2.05) is 6.07 Å². The van der Waals surface area contributed by atoms with Gasteiger partial charge in [-0.05, 0) is 18.2 Å². The van der Waals surface area contributed by atoms with E-state index in [0.717, 1.165) is 5.56 Å². The first-order valence-electron chi connectivity index (χ1n) is 4.85. The second-order valence-electron chi connectivity index (χ2n) is 3.48. The van der Waals surface area contributed by atoms with Crippen LogP contribution in [0, 0.1) is 0 Å². The first-order chi connectivity index (χ1) is 8.24. The third-order valence-corrected chi connectivity index (χ3v) is 2.91. The lowest BCUT2D eigenvalue weighted by Crippen LogP contribution is -1.87. The number of aromatic amines is 1. The summed E-state index contributed by atoms with van der Waals surface area (Å²) in [6, 6.07) is 5.27. The van der Waals surface area contributed by atoms with Crippen molar-refractivity contribution in [1.82, 2.24) is 20.2 Å². The minimum absolute atomic E-state index is 0.551. The summed E-state index contributed by atoms with van der Waals surface area (Å²) >= 11 is 12.0. The molecule has 0 amide bonds. The van der Waals surface area contributed by atoms with Crippen LogP contribution in [-0.4, -0.2) is 20.2 Å². The van der Waals surface area contributed by atoms with Crippen molar-refractivity contribution in [3.05, 3.63) is 40.6 Å². The third-order valence-electron chi connectivity index (χ3n) is 2.36.